The first-order chi connectivity index (χ1) is 11.0. The zero-order chi connectivity index (χ0) is 16.8. The number of nitrogens with one attached hydrogen (secondary N) is 2. The minimum atomic E-state index is -0.532. The maximum atomic E-state index is 11.7. The maximum Gasteiger partial charge on any atom is 0.269 e. The summed E-state index contributed by atoms with van der Waals surface area (Å²) in [6.45, 7) is 2.19. The zero-order valence-corrected chi connectivity index (χ0v) is 13.4. The number of anilines is 1. The van der Waals surface area contributed by atoms with Crippen molar-refractivity contribution in [3.8, 4) is 5.75 Å². The van der Waals surface area contributed by atoms with Crippen molar-refractivity contribution in [3.63, 3.8) is 0 Å². The highest BCUT2D eigenvalue weighted by Gasteiger charge is 2.07. The molecule has 0 aromatic heterocycles. The molecule has 7 heteroatoms. The average molecular weight is 330 g/mol. The van der Waals surface area contributed by atoms with Crippen LogP contribution in [-0.2, 0) is 13.0 Å². The number of nitro benzene ring substituents is 1. The molecule has 0 amide bonds. The molecule has 0 aliphatic heterocycles. The van der Waals surface area contributed by atoms with Gasteiger partial charge in [-0.15, -0.1) is 5.75 Å². The van der Waals surface area contributed by atoms with Crippen LogP contribution in [0.2, 0.25) is 0 Å². The fourth-order valence-corrected chi connectivity index (χ4v) is 2.23. The zero-order valence-electron chi connectivity index (χ0n) is 12.5. The lowest BCUT2D eigenvalue weighted by Gasteiger charge is -2.15. The minimum Gasteiger partial charge on any atom is -0.872 e. The molecule has 2 rings (SSSR count). The maximum absolute atomic E-state index is 11.7. The fraction of sp³-hybridized carbons (Fsp3) is 0.188. The largest absolute Gasteiger partial charge is 0.872 e. The van der Waals surface area contributed by atoms with E-state index in [0.717, 1.165) is 12.1 Å². The minimum absolute atomic E-state index is 0.115. The molecule has 0 spiro atoms. The summed E-state index contributed by atoms with van der Waals surface area (Å²) in [6, 6.07) is 11.5. The van der Waals surface area contributed by atoms with Gasteiger partial charge in [0.05, 0.1) is 4.92 Å². The summed E-state index contributed by atoms with van der Waals surface area (Å²) in [4.78, 5) is 10.2. The third-order valence-electron chi connectivity index (χ3n) is 3.29. The van der Waals surface area contributed by atoms with Gasteiger partial charge in [-0.2, -0.15) is 0 Å². The van der Waals surface area contributed by atoms with Crippen LogP contribution in [0.1, 0.15) is 18.1 Å². The number of non-ortho nitro benzene ring substituents is 1. The standard InChI is InChI=1S/C16H17N3O3S/c1-2-11-4-3-5-13(8-11)18-16(23)17-10-12-9-14(19(21)22)6-7-15(12)20/h3-9,20H,2,10H2,1H3,(H2,17,18,23)/p-1. The Hall–Kier alpha value is -2.67. The molecule has 6 nitrogen and oxygen atoms in total. The highest BCUT2D eigenvalue weighted by atomic mass is 32.1. The van der Waals surface area contributed by atoms with Crippen LogP contribution in [0.3, 0.4) is 0 Å². The molecule has 0 unspecified atom stereocenters. The Kier molecular flexibility index (Phi) is 5.48. The SMILES string of the molecule is CCc1cccc(NC(=S)NCc2cc([N+](=O)[O-])ccc2[O-])c1. The van der Waals surface area contributed by atoms with Crippen LogP contribution in [0.25, 0.3) is 0 Å². The van der Waals surface area contributed by atoms with Crippen molar-refractivity contribution in [3.05, 3.63) is 63.7 Å². The summed E-state index contributed by atoms with van der Waals surface area (Å²) >= 11 is 5.18. The Balaban J connectivity index is 1.99. The quantitative estimate of drug-likeness (QED) is 0.498. The van der Waals surface area contributed by atoms with E-state index in [0.29, 0.717) is 10.7 Å². The Morgan fingerprint density at radius 1 is 1.26 bits per heavy atom. The van der Waals surface area contributed by atoms with Crippen molar-refractivity contribution in [2.24, 2.45) is 0 Å². The van der Waals surface area contributed by atoms with E-state index < -0.39 is 4.92 Å². The second kappa shape index (κ2) is 7.55. The van der Waals surface area contributed by atoms with Crippen LogP contribution in [-0.4, -0.2) is 10.0 Å². The summed E-state index contributed by atoms with van der Waals surface area (Å²) in [5.74, 6) is -0.265. The van der Waals surface area contributed by atoms with Gasteiger partial charge in [0.25, 0.3) is 5.69 Å². The normalized spacial score (nSPS) is 10.1. The molecule has 120 valence electrons. The Morgan fingerprint density at radius 3 is 2.74 bits per heavy atom. The molecular weight excluding hydrogens is 314 g/mol. The lowest BCUT2D eigenvalue weighted by atomic mass is 10.1. The molecule has 2 aromatic carbocycles. The summed E-state index contributed by atoms with van der Waals surface area (Å²) in [6.07, 6.45) is 0.920. The van der Waals surface area contributed by atoms with E-state index in [2.05, 4.69) is 17.6 Å². The van der Waals surface area contributed by atoms with Crippen LogP contribution >= 0.6 is 12.2 Å². The van der Waals surface area contributed by atoms with E-state index in [1.165, 1.54) is 23.8 Å². The number of hydrogen-bond acceptors (Lipinski definition) is 4. The van der Waals surface area contributed by atoms with Gasteiger partial charge in [0.15, 0.2) is 5.11 Å². The van der Waals surface area contributed by atoms with Crippen molar-refractivity contribution >= 4 is 28.7 Å². The lowest BCUT2D eigenvalue weighted by Crippen LogP contribution is -2.28. The van der Waals surface area contributed by atoms with Gasteiger partial charge in [-0.3, -0.25) is 10.1 Å². The molecule has 0 fully saturated rings. The third kappa shape index (κ3) is 4.65. The van der Waals surface area contributed by atoms with Gasteiger partial charge < -0.3 is 15.7 Å². The molecule has 0 heterocycles. The molecule has 2 N–H and O–H groups in total. The van der Waals surface area contributed by atoms with Crippen molar-refractivity contribution in [1.29, 1.82) is 0 Å². The van der Waals surface area contributed by atoms with E-state index in [1.54, 1.807) is 0 Å². The van der Waals surface area contributed by atoms with Crippen LogP contribution in [0.15, 0.2) is 42.5 Å². The molecular formula is C16H16N3O3S-. The number of benzene rings is 2. The molecule has 23 heavy (non-hydrogen) atoms. The highest BCUT2D eigenvalue weighted by molar-refractivity contribution is 7.80. The van der Waals surface area contributed by atoms with Gasteiger partial charge in [-0.1, -0.05) is 25.1 Å². The van der Waals surface area contributed by atoms with Crippen molar-refractivity contribution in [2.45, 2.75) is 19.9 Å². The topological polar surface area (TPSA) is 90.3 Å². The average Bonchev–Trinajstić information content (AvgIpc) is 2.54. The van der Waals surface area contributed by atoms with E-state index in [1.807, 2.05) is 24.3 Å². The van der Waals surface area contributed by atoms with Gasteiger partial charge in [0, 0.05) is 24.4 Å². The van der Waals surface area contributed by atoms with Gasteiger partial charge in [0.1, 0.15) is 0 Å². The first-order valence-electron chi connectivity index (χ1n) is 7.07. The second-order valence-electron chi connectivity index (χ2n) is 4.91. The number of aryl methyl sites for hydroxylation is 1. The Labute approximate surface area is 139 Å². The number of hydrogen-bond donors (Lipinski definition) is 2. The van der Waals surface area contributed by atoms with Gasteiger partial charge in [-0.05, 0) is 41.9 Å². The predicted molar refractivity (Wildman–Crippen MR) is 91.4 cm³/mol. The molecule has 0 atom stereocenters. The molecule has 0 saturated carbocycles. The summed E-state index contributed by atoms with van der Waals surface area (Å²) in [7, 11) is 0. The van der Waals surface area contributed by atoms with Crippen molar-refractivity contribution < 1.29 is 10.0 Å². The number of thiocarbonyl (C=S) groups is 1. The fourth-order valence-electron chi connectivity index (χ4n) is 2.04. The summed E-state index contributed by atoms with van der Waals surface area (Å²) in [5, 5.41) is 28.7. The van der Waals surface area contributed by atoms with Crippen LogP contribution < -0.4 is 15.7 Å². The summed E-state index contributed by atoms with van der Waals surface area (Å²) in [5.41, 5.74) is 2.21. The van der Waals surface area contributed by atoms with Crippen LogP contribution in [0.5, 0.6) is 5.75 Å². The smallest absolute Gasteiger partial charge is 0.269 e. The monoisotopic (exact) mass is 330 g/mol. The van der Waals surface area contributed by atoms with E-state index in [-0.39, 0.29) is 18.0 Å². The Bertz CT molecular complexity index is 734. The van der Waals surface area contributed by atoms with Gasteiger partial charge in [0.2, 0.25) is 0 Å². The molecule has 0 aliphatic carbocycles. The highest BCUT2D eigenvalue weighted by Crippen LogP contribution is 2.20. The van der Waals surface area contributed by atoms with Crippen LogP contribution in [0, 0.1) is 10.1 Å². The predicted octanol–water partition coefficient (Wildman–Crippen LogP) is 2.72. The first kappa shape index (κ1) is 16.7. The van der Waals surface area contributed by atoms with Crippen molar-refractivity contribution in [1.82, 2.24) is 5.32 Å². The van der Waals surface area contributed by atoms with Crippen LogP contribution in [0.4, 0.5) is 11.4 Å². The second-order valence-corrected chi connectivity index (χ2v) is 5.32. The Morgan fingerprint density at radius 2 is 2.04 bits per heavy atom. The lowest BCUT2D eigenvalue weighted by molar-refractivity contribution is -0.385. The summed E-state index contributed by atoms with van der Waals surface area (Å²) < 4.78 is 0. The van der Waals surface area contributed by atoms with E-state index >= 15 is 0 Å². The first-order valence-corrected chi connectivity index (χ1v) is 7.48. The molecule has 0 aliphatic rings. The number of nitrogens with zero attached hydrogens (tertiary/aromatic N) is 1. The van der Waals surface area contributed by atoms with E-state index in [4.69, 9.17) is 12.2 Å². The van der Waals surface area contributed by atoms with Gasteiger partial charge >= 0.3 is 0 Å². The molecule has 0 radical (unpaired) electrons. The van der Waals surface area contributed by atoms with E-state index in [9.17, 15) is 15.2 Å². The third-order valence-corrected chi connectivity index (χ3v) is 3.53. The van der Waals surface area contributed by atoms with Crippen molar-refractivity contribution in [2.75, 3.05) is 5.32 Å². The molecule has 2 aromatic rings. The number of rotatable bonds is 5. The molecule has 0 saturated heterocycles. The number of nitro groups is 1. The molecule has 0 bridgehead atoms. The van der Waals surface area contributed by atoms with Gasteiger partial charge in [-0.25, -0.2) is 0 Å².